The highest BCUT2D eigenvalue weighted by atomic mass is 16.2. The summed E-state index contributed by atoms with van der Waals surface area (Å²) in [5, 5.41) is 3.00. The Morgan fingerprint density at radius 3 is 2.77 bits per heavy atom. The number of aromatic nitrogens is 2. The number of aryl methyl sites for hydroxylation is 1. The van der Waals surface area contributed by atoms with Gasteiger partial charge in [-0.1, -0.05) is 19.3 Å². The van der Waals surface area contributed by atoms with E-state index in [2.05, 4.69) is 21.7 Å². The molecule has 0 atom stereocenters. The lowest BCUT2D eigenvalue weighted by Crippen LogP contribution is -2.31. The average Bonchev–Trinajstić information content (AvgIpc) is 3.32. The molecule has 0 spiro atoms. The van der Waals surface area contributed by atoms with Crippen LogP contribution in [0.1, 0.15) is 67.4 Å². The predicted octanol–water partition coefficient (Wildman–Crippen LogP) is 3.40. The Morgan fingerprint density at radius 1 is 1.23 bits per heavy atom. The van der Waals surface area contributed by atoms with Gasteiger partial charge in [0.15, 0.2) is 0 Å². The maximum absolute atomic E-state index is 12.7. The number of hydrogen-bond donors (Lipinski definition) is 1. The molecule has 1 aliphatic carbocycles. The Kier molecular flexibility index (Phi) is 6.78. The van der Waals surface area contributed by atoms with E-state index in [4.69, 9.17) is 4.98 Å². The molecule has 1 aliphatic heterocycles. The molecular weight excluding hydrogens is 390 g/mol. The summed E-state index contributed by atoms with van der Waals surface area (Å²) in [5.74, 6) is 1.96. The van der Waals surface area contributed by atoms with Crippen molar-refractivity contribution in [3.8, 4) is 0 Å². The first-order chi connectivity index (χ1) is 15.0. The molecule has 1 N–H and O–H groups in total. The van der Waals surface area contributed by atoms with Crippen molar-refractivity contribution in [1.29, 1.82) is 0 Å². The molecule has 2 aromatic heterocycles. The first-order valence-corrected chi connectivity index (χ1v) is 11.8. The Morgan fingerprint density at radius 2 is 2.03 bits per heavy atom. The summed E-state index contributed by atoms with van der Waals surface area (Å²) < 4.78 is 2.05. The average molecular weight is 426 g/mol. The van der Waals surface area contributed by atoms with Gasteiger partial charge < -0.3 is 15.1 Å². The molecule has 0 radical (unpaired) electrons. The second-order valence-corrected chi connectivity index (χ2v) is 9.15. The summed E-state index contributed by atoms with van der Waals surface area (Å²) in [5.41, 5.74) is 2.49. The van der Waals surface area contributed by atoms with E-state index in [0.29, 0.717) is 18.5 Å². The number of carbonyl (C=O) groups excluding carboxylic acids is 2. The van der Waals surface area contributed by atoms with Crippen LogP contribution in [0.5, 0.6) is 0 Å². The fourth-order valence-electron chi connectivity index (χ4n) is 5.10. The third-order valence-electron chi connectivity index (χ3n) is 6.70. The summed E-state index contributed by atoms with van der Waals surface area (Å²) >= 11 is 0. The van der Waals surface area contributed by atoms with Gasteiger partial charge in [0.25, 0.3) is 5.91 Å². The molecule has 1 saturated carbocycles. The Balaban J connectivity index is 1.39. The highest BCUT2D eigenvalue weighted by molar-refractivity contribution is 5.94. The van der Waals surface area contributed by atoms with E-state index >= 15 is 0 Å². The molecule has 0 unspecified atom stereocenters. The molecule has 2 aliphatic rings. The van der Waals surface area contributed by atoms with Crippen LogP contribution in [0.4, 0.5) is 5.82 Å². The van der Waals surface area contributed by atoms with Gasteiger partial charge >= 0.3 is 0 Å². The number of nitrogens with zero attached hydrogens (tertiary/aromatic N) is 4. The SMILES string of the molecule is Cc1nc2ccc(C(=O)NCCCN3CCCC3=O)cn2c1N(C)CC1CCCCC1. The van der Waals surface area contributed by atoms with E-state index in [9.17, 15) is 9.59 Å². The maximum atomic E-state index is 12.7. The quantitative estimate of drug-likeness (QED) is 0.658. The zero-order valence-electron chi connectivity index (χ0n) is 18.9. The molecule has 31 heavy (non-hydrogen) atoms. The zero-order valence-corrected chi connectivity index (χ0v) is 18.9. The van der Waals surface area contributed by atoms with Crippen LogP contribution >= 0.6 is 0 Å². The van der Waals surface area contributed by atoms with Crippen LogP contribution in [-0.4, -0.2) is 59.3 Å². The number of carbonyl (C=O) groups is 2. The minimum atomic E-state index is -0.0816. The van der Waals surface area contributed by atoms with Crippen LogP contribution in [0.2, 0.25) is 0 Å². The van der Waals surface area contributed by atoms with Crippen molar-refractivity contribution in [2.24, 2.45) is 5.92 Å². The monoisotopic (exact) mass is 425 g/mol. The second kappa shape index (κ2) is 9.71. The molecule has 7 nitrogen and oxygen atoms in total. The minimum Gasteiger partial charge on any atom is -0.359 e. The summed E-state index contributed by atoms with van der Waals surface area (Å²) in [4.78, 5) is 33.3. The lowest BCUT2D eigenvalue weighted by Gasteiger charge is -2.28. The molecule has 1 saturated heterocycles. The number of rotatable bonds is 8. The molecule has 3 heterocycles. The molecule has 2 amide bonds. The number of imidazole rings is 1. The van der Waals surface area contributed by atoms with Crippen molar-refractivity contribution in [3.63, 3.8) is 0 Å². The summed E-state index contributed by atoms with van der Waals surface area (Å²) in [6.45, 7) is 5.20. The maximum Gasteiger partial charge on any atom is 0.252 e. The van der Waals surface area contributed by atoms with Crippen molar-refractivity contribution in [1.82, 2.24) is 19.6 Å². The van der Waals surface area contributed by atoms with E-state index in [1.807, 2.05) is 30.2 Å². The number of likely N-dealkylation sites (tertiary alicyclic amines) is 1. The van der Waals surface area contributed by atoms with Crippen LogP contribution < -0.4 is 10.2 Å². The van der Waals surface area contributed by atoms with Gasteiger partial charge in [-0.05, 0) is 50.7 Å². The number of fused-ring (bicyclic) bond motifs is 1. The second-order valence-electron chi connectivity index (χ2n) is 9.15. The van der Waals surface area contributed by atoms with Crippen LogP contribution in [0, 0.1) is 12.8 Å². The van der Waals surface area contributed by atoms with Crippen LogP contribution in [0.15, 0.2) is 18.3 Å². The summed E-state index contributed by atoms with van der Waals surface area (Å²) in [6.07, 6.45) is 10.9. The Bertz CT molecular complexity index is 931. The summed E-state index contributed by atoms with van der Waals surface area (Å²) in [7, 11) is 2.14. The molecule has 7 heteroatoms. The third kappa shape index (κ3) is 5.02. The Labute approximate surface area is 184 Å². The fourth-order valence-corrected chi connectivity index (χ4v) is 5.10. The van der Waals surface area contributed by atoms with E-state index in [1.165, 1.54) is 32.1 Å². The molecule has 0 bridgehead atoms. The number of nitrogens with one attached hydrogen (secondary N) is 1. The van der Waals surface area contributed by atoms with Crippen molar-refractivity contribution in [3.05, 3.63) is 29.6 Å². The number of pyridine rings is 1. The zero-order chi connectivity index (χ0) is 21.8. The van der Waals surface area contributed by atoms with Gasteiger partial charge in [-0.2, -0.15) is 0 Å². The summed E-state index contributed by atoms with van der Waals surface area (Å²) in [6, 6.07) is 3.76. The van der Waals surface area contributed by atoms with Crippen LogP contribution in [0.25, 0.3) is 5.65 Å². The van der Waals surface area contributed by atoms with Crippen molar-refractivity contribution in [2.45, 2.75) is 58.3 Å². The lowest BCUT2D eigenvalue weighted by molar-refractivity contribution is -0.127. The number of amides is 2. The van der Waals surface area contributed by atoms with Gasteiger partial charge in [0.2, 0.25) is 5.91 Å². The van der Waals surface area contributed by atoms with E-state index in [0.717, 1.165) is 55.6 Å². The minimum absolute atomic E-state index is 0.0816. The third-order valence-corrected chi connectivity index (χ3v) is 6.70. The molecule has 168 valence electrons. The topological polar surface area (TPSA) is 70.0 Å². The molecular formula is C24H35N5O2. The van der Waals surface area contributed by atoms with Crippen molar-refractivity contribution >= 4 is 23.3 Å². The highest BCUT2D eigenvalue weighted by Gasteiger charge is 2.21. The largest absolute Gasteiger partial charge is 0.359 e. The van der Waals surface area contributed by atoms with E-state index in [1.54, 1.807) is 0 Å². The van der Waals surface area contributed by atoms with Crippen molar-refractivity contribution < 1.29 is 9.59 Å². The first kappa shape index (κ1) is 21.7. The molecule has 0 aromatic carbocycles. The molecule has 2 fully saturated rings. The standard InChI is InChI=1S/C24H35N5O2/c1-18-24(27(2)16-19-8-4-3-5-9-19)29-17-20(11-12-21(29)26-18)23(31)25-13-7-15-28-14-6-10-22(28)30/h11-12,17,19H,3-10,13-16H2,1-2H3,(H,25,31). The van der Waals surface area contributed by atoms with Crippen molar-refractivity contribution in [2.75, 3.05) is 38.1 Å². The first-order valence-electron chi connectivity index (χ1n) is 11.8. The number of anilines is 1. The van der Waals surface area contributed by atoms with E-state index < -0.39 is 0 Å². The highest BCUT2D eigenvalue weighted by Crippen LogP contribution is 2.28. The number of hydrogen-bond acceptors (Lipinski definition) is 4. The van der Waals surface area contributed by atoms with Gasteiger partial charge in [-0.15, -0.1) is 0 Å². The van der Waals surface area contributed by atoms with Gasteiger partial charge in [0.1, 0.15) is 11.5 Å². The van der Waals surface area contributed by atoms with Gasteiger partial charge in [0.05, 0.1) is 11.3 Å². The van der Waals surface area contributed by atoms with Crippen LogP contribution in [-0.2, 0) is 4.79 Å². The van der Waals surface area contributed by atoms with Gasteiger partial charge in [-0.25, -0.2) is 4.98 Å². The fraction of sp³-hybridized carbons (Fsp3) is 0.625. The molecule has 4 rings (SSSR count). The normalized spacial score (nSPS) is 17.5. The smallest absolute Gasteiger partial charge is 0.252 e. The Hall–Kier alpha value is -2.57. The predicted molar refractivity (Wildman–Crippen MR) is 123 cm³/mol. The van der Waals surface area contributed by atoms with Crippen LogP contribution in [0.3, 0.4) is 0 Å². The lowest BCUT2D eigenvalue weighted by atomic mass is 9.89. The molecule has 2 aromatic rings. The van der Waals surface area contributed by atoms with Gasteiger partial charge in [-0.3, -0.25) is 14.0 Å². The van der Waals surface area contributed by atoms with Gasteiger partial charge in [0, 0.05) is 45.8 Å². The van der Waals surface area contributed by atoms with E-state index in [-0.39, 0.29) is 11.8 Å².